The average Bonchev–Trinajstić information content (AvgIpc) is 2.79. The van der Waals surface area contributed by atoms with Gasteiger partial charge < -0.3 is 14.2 Å². The predicted octanol–water partition coefficient (Wildman–Crippen LogP) is 5.13. The number of aromatic nitrogens is 1. The average molecular weight is 510 g/mol. The minimum atomic E-state index is -1.23. The first-order valence-corrected chi connectivity index (χ1v) is 11.2. The number of esters is 3. The number of fused-ring (bicyclic) bond motifs is 1. The van der Waals surface area contributed by atoms with Crippen molar-refractivity contribution in [2.45, 2.75) is 23.6 Å². The molecular formula is C23H18ClF2NO6S. The lowest BCUT2D eigenvalue weighted by Gasteiger charge is -2.17. The summed E-state index contributed by atoms with van der Waals surface area (Å²) in [6.07, 6.45) is 0. The van der Waals surface area contributed by atoms with Crippen LogP contribution in [0.2, 0.25) is 0 Å². The smallest absolute Gasteiger partial charge is 0.344 e. The highest BCUT2D eigenvalue weighted by Gasteiger charge is 2.29. The van der Waals surface area contributed by atoms with Crippen molar-refractivity contribution in [3.63, 3.8) is 0 Å². The monoisotopic (exact) mass is 509 g/mol. The van der Waals surface area contributed by atoms with Crippen LogP contribution in [-0.4, -0.2) is 40.8 Å². The van der Waals surface area contributed by atoms with Crippen molar-refractivity contribution >= 4 is 52.2 Å². The van der Waals surface area contributed by atoms with Crippen LogP contribution in [0.15, 0.2) is 47.5 Å². The summed E-state index contributed by atoms with van der Waals surface area (Å²) in [7, 11) is 0. The van der Waals surface area contributed by atoms with Crippen molar-refractivity contribution in [1.82, 2.24) is 4.98 Å². The summed E-state index contributed by atoms with van der Waals surface area (Å²) in [5, 5.41) is -0.207. The van der Waals surface area contributed by atoms with Gasteiger partial charge in [0.15, 0.2) is 17.4 Å². The normalized spacial score (nSPS) is 11.7. The molecule has 7 nitrogen and oxygen atoms in total. The molecule has 1 heterocycles. The molecule has 0 spiro atoms. The van der Waals surface area contributed by atoms with E-state index in [1.54, 1.807) is 25.1 Å². The Balaban J connectivity index is 2.19. The third-order valence-electron chi connectivity index (χ3n) is 4.29. The van der Waals surface area contributed by atoms with Crippen LogP contribution in [0.3, 0.4) is 0 Å². The summed E-state index contributed by atoms with van der Waals surface area (Å²) in [5.74, 6) is -5.12. The van der Waals surface area contributed by atoms with Crippen LogP contribution in [0.1, 0.15) is 34.6 Å². The number of hydrogen-bond acceptors (Lipinski definition) is 8. The maximum absolute atomic E-state index is 14.1. The van der Waals surface area contributed by atoms with E-state index < -0.39 is 34.3 Å². The van der Waals surface area contributed by atoms with Gasteiger partial charge in [0.2, 0.25) is 0 Å². The number of halogens is 3. The molecule has 0 saturated carbocycles. The fourth-order valence-electron chi connectivity index (χ4n) is 2.85. The van der Waals surface area contributed by atoms with Gasteiger partial charge in [-0.15, -0.1) is 11.6 Å². The highest BCUT2D eigenvalue weighted by atomic mass is 35.5. The van der Waals surface area contributed by atoms with Gasteiger partial charge in [-0.25, -0.2) is 23.4 Å². The third kappa shape index (κ3) is 6.00. The van der Waals surface area contributed by atoms with E-state index in [1.165, 1.54) is 19.1 Å². The van der Waals surface area contributed by atoms with Gasteiger partial charge in [0.05, 0.1) is 17.7 Å². The molecule has 0 bridgehead atoms. The lowest BCUT2D eigenvalue weighted by Crippen LogP contribution is -2.16. The first-order chi connectivity index (χ1) is 16.2. The second-order valence-corrected chi connectivity index (χ2v) is 8.69. The van der Waals surface area contributed by atoms with Crippen LogP contribution < -0.4 is 4.74 Å². The van der Waals surface area contributed by atoms with E-state index in [2.05, 4.69) is 4.98 Å². The van der Waals surface area contributed by atoms with Crippen molar-refractivity contribution < 1.29 is 37.4 Å². The van der Waals surface area contributed by atoms with E-state index >= 15 is 0 Å². The van der Waals surface area contributed by atoms with Gasteiger partial charge in [-0.2, -0.15) is 0 Å². The van der Waals surface area contributed by atoms with Gasteiger partial charge in [-0.1, -0.05) is 30.0 Å². The van der Waals surface area contributed by atoms with Crippen LogP contribution in [0.4, 0.5) is 8.78 Å². The zero-order valence-corrected chi connectivity index (χ0v) is 19.5. The van der Waals surface area contributed by atoms with E-state index in [4.69, 9.17) is 25.8 Å². The SMILES string of the molecule is CCOC(=O)c1c(SC(Cl)COC(C)=O)nc2cc(F)c(F)cc2c1OC(=O)c1ccccc1. The Hall–Kier alpha value is -3.24. The molecule has 0 aliphatic heterocycles. The topological polar surface area (TPSA) is 91.8 Å². The Morgan fingerprint density at radius 2 is 1.74 bits per heavy atom. The lowest BCUT2D eigenvalue weighted by atomic mass is 10.1. The summed E-state index contributed by atoms with van der Waals surface area (Å²) < 4.78 is 42.7. The Morgan fingerprint density at radius 3 is 2.38 bits per heavy atom. The predicted molar refractivity (Wildman–Crippen MR) is 121 cm³/mol. The molecule has 0 fully saturated rings. The molecule has 0 radical (unpaired) electrons. The van der Waals surface area contributed by atoms with E-state index in [-0.39, 0.29) is 46.0 Å². The number of carbonyl (C=O) groups is 3. The first kappa shape index (κ1) is 25.4. The van der Waals surface area contributed by atoms with E-state index in [0.29, 0.717) is 0 Å². The number of ether oxygens (including phenoxy) is 3. The van der Waals surface area contributed by atoms with Crippen LogP contribution in [0.25, 0.3) is 10.9 Å². The summed E-state index contributed by atoms with van der Waals surface area (Å²) >= 11 is 7.02. The molecule has 2 aromatic carbocycles. The standard InChI is InChI=1S/C23H18ClF2NO6S/c1-3-31-23(30)19-20(33-22(29)13-7-5-4-6-8-13)14-9-15(25)16(26)10-17(14)27-21(19)34-18(24)11-32-12(2)28/h4-10,18H,3,11H2,1-2H3. The summed E-state index contributed by atoms with van der Waals surface area (Å²) in [5.41, 5.74) is -0.242. The number of rotatable bonds is 8. The number of benzene rings is 2. The zero-order valence-electron chi connectivity index (χ0n) is 18.0. The van der Waals surface area contributed by atoms with E-state index in [1.807, 2.05) is 0 Å². The van der Waals surface area contributed by atoms with Gasteiger partial charge in [-0.05, 0) is 25.1 Å². The van der Waals surface area contributed by atoms with Crippen molar-refractivity contribution in [3.8, 4) is 5.75 Å². The maximum Gasteiger partial charge on any atom is 0.344 e. The van der Waals surface area contributed by atoms with E-state index in [9.17, 15) is 23.2 Å². The first-order valence-electron chi connectivity index (χ1n) is 9.92. The number of pyridine rings is 1. The number of nitrogens with zero attached hydrogens (tertiary/aromatic N) is 1. The van der Waals surface area contributed by atoms with Gasteiger partial charge in [0.1, 0.15) is 21.9 Å². The molecule has 0 saturated heterocycles. The maximum atomic E-state index is 14.1. The Bertz CT molecular complexity index is 1240. The molecule has 3 aromatic rings. The molecule has 0 aliphatic rings. The van der Waals surface area contributed by atoms with Crippen LogP contribution in [-0.2, 0) is 14.3 Å². The summed E-state index contributed by atoms with van der Waals surface area (Å²) in [4.78, 5) is 41.0. The van der Waals surface area contributed by atoms with Gasteiger partial charge in [0.25, 0.3) is 0 Å². The van der Waals surface area contributed by atoms with Crippen molar-refractivity contribution in [2.75, 3.05) is 13.2 Å². The second-order valence-electron chi connectivity index (χ2n) is 6.71. The summed E-state index contributed by atoms with van der Waals surface area (Å²) in [6.45, 7) is 2.50. The van der Waals surface area contributed by atoms with Gasteiger partial charge in [-0.3, -0.25) is 4.79 Å². The highest BCUT2D eigenvalue weighted by molar-refractivity contribution is 8.01. The molecular weight excluding hydrogens is 492 g/mol. The molecule has 178 valence electrons. The minimum Gasteiger partial charge on any atom is -0.463 e. The summed E-state index contributed by atoms with van der Waals surface area (Å²) in [6, 6.07) is 9.46. The van der Waals surface area contributed by atoms with Crippen LogP contribution in [0, 0.1) is 11.6 Å². The zero-order chi connectivity index (χ0) is 24.8. The quantitative estimate of drug-likeness (QED) is 0.234. The lowest BCUT2D eigenvalue weighted by molar-refractivity contribution is -0.140. The highest BCUT2D eigenvalue weighted by Crippen LogP contribution is 2.39. The van der Waals surface area contributed by atoms with Crippen molar-refractivity contribution in [3.05, 3.63) is 65.2 Å². The van der Waals surface area contributed by atoms with Gasteiger partial charge in [0, 0.05) is 18.4 Å². The molecule has 34 heavy (non-hydrogen) atoms. The molecule has 0 aliphatic carbocycles. The fourth-order valence-corrected chi connectivity index (χ4v) is 3.99. The van der Waals surface area contributed by atoms with Crippen LogP contribution in [0.5, 0.6) is 5.75 Å². The molecule has 11 heteroatoms. The molecule has 0 N–H and O–H groups in total. The molecule has 3 rings (SSSR count). The second kappa shape index (κ2) is 11.3. The Morgan fingerprint density at radius 1 is 1.06 bits per heavy atom. The number of alkyl halides is 1. The molecule has 0 amide bonds. The number of carbonyl (C=O) groups excluding carboxylic acids is 3. The van der Waals surface area contributed by atoms with Gasteiger partial charge >= 0.3 is 17.9 Å². The van der Waals surface area contributed by atoms with E-state index in [0.717, 1.165) is 23.9 Å². The third-order valence-corrected chi connectivity index (χ3v) is 5.59. The largest absolute Gasteiger partial charge is 0.463 e. The minimum absolute atomic E-state index is 0.0252. The number of thioether (sulfide) groups is 1. The fraction of sp³-hybridized carbons (Fsp3) is 0.217. The molecule has 1 atom stereocenters. The molecule has 1 unspecified atom stereocenters. The van der Waals surface area contributed by atoms with Crippen molar-refractivity contribution in [1.29, 1.82) is 0 Å². The molecule has 1 aromatic heterocycles. The number of hydrogen-bond donors (Lipinski definition) is 0. The van der Waals surface area contributed by atoms with Crippen molar-refractivity contribution in [2.24, 2.45) is 0 Å². The Labute approximate surface area is 202 Å². The Kier molecular flexibility index (Phi) is 8.41. The van der Waals surface area contributed by atoms with Crippen LogP contribution >= 0.6 is 23.4 Å².